The maximum Gasteiger partial charge on any atom is 0.188 e. The van der Waals surface area contributed by atoms with Crippen molar-refractivity contribution >= 4 is 5.96 Å². The number of H-pyrrole nitrogens is 1. The number of rotatable bonds is 4. The average molecular weight is 260 g/mol. The molecule has 0 radical (unpaired) electrons. The molecule has 1 heterocycles. The van der Waals surface area contributed by atoms with E-state index in [2.05, 4.69) is 25.5 Å². The smallest absolute Gasteiger partial charge is 0.188 e. The van der Waals surface area contributed by atoms with Crippen LogP contribution in [0.4, 0.5) is 0 Å². The molecule has 0 saturated carbocycles. The van der Waals surface area contributed by atoms with Gasteiger partial charge < -0.3 is 15.8 Å². The number of benzene rings is 1. The third-order valence-electron chi connectivity index (χ3n) is 2.56. The fourth-order valence-corrected chi connectivity index (χ4v) is 1.50. The first kappa shape index (κ1) is 12.9. The van der Waals surface area contributed by atoms with Crippen LogP contribution in [0.1, 0.15) is 5.82 Å². The normalized spacial score (nSPS) is 11.4. The Morgan fingerprint density at radius 1 is 1.42 bits per heavy atom. The van der Waals surface area contributed by atoms with Gasteiger partial charge in [-0.25, -0.2) is 4.98 Å². The summed E-state index contributed by atoms with van der Waals surface area (Å²) in [6.07, 6.45) is 0. The lowest BCUT2D eigenvalue weighted by Gasteiger charge is -2.00. The minimum atomic E-state index is 0.363. The second-order valence-corrected chi connectivity index (χ2v) is 3.80. The van der Waals surface area contributed by atoms with Gasteiger partial charge in [0.15, 0.2) is 11.8 Å². The third-order valence-corrected chi connectivity index (χ3v) is 2.56. The summed E-state index contributed by atoms with van der Waals surface area (Å²) in [6, 6.07) is 7.54. The van der Waals surface area contributed by atoms with Crippen molar-refractivity contribution in [2.45, 2.75) is 6.54 Å². The molecule has 0 atom stereocenters. The molecule has 1 aromatic heterocycles. The van der Waals surface area contributed by atoms with Gasteiger partial charge in [-0.3, -0.25) is 10.1 Å². The summed E-state index contributed by atoms with van der Waals surface area (Å²) in [7, 11) is 3.25. The predicted octanol–water partition coefficient (Wildman–Crippen LogP) is 0.514. The van der Waals surface area contributed by atoms with E-state index in [-0.39, 0.29) is 0 Å². The van der Waals surface area contributed by atoms with Crippen LogP contribution in [0.5, 0.6) is 5.75 Å². The highest BCUT2D eigenvalue weighted by Crippen LogP contribution is 2.18. The van der Waals surface area contributed by atoms with Crippen LogP contribution in [0.25, 0.3) is 11.4 Å². The molecule has 0 aliphatic carbocycles. The lowest BCUT2D eigenvalue weighted by atomic mass is 10.2. The van der Waals surface area contributed by atoms with E-state index in [4.69, 9.17) is 10.5 Å². The van der Waals surface area contributed by atoms with Crippen molar-refractivity contribution in [2.75, 3.05) is 14.2 Å². The van der Waals surface area contributed by atoms with E-state index in [1.807, 2.05) is 24.3 Å². The van der Waals surface area contributed by atoms with E-state index in [0.717, 1.165) is 11.3 Å². The van der Waals surface area contributed by atoms with Crippen LogP contribution in [-0.2, 0) is 6.54 Å². The molecule has 19 heavy (non-hydrogen) atoms. The summed E-state index contributed by atoms with van der Waals surface area (Å²) in [6.45, 7) is 0.451. The van der Waals surface area contributed by atoms with Gasteiger partial charge in [-0.05, 0) is 24.3 Å². The molecule has 0 saturated heterocycles. The lowest BCUT2D eigenvalue weighted by molar-refractivity contribution is 0.415. The maximum atomic E-state index is 5.53. The Bertz CT molecular complexity index is 560. The van der Waals surface area contributed by atoms with E-state index in [0.29, 0.717) is 24.2 Å². The lowest BCUT2D eigenvalue weighted by Crippen LogP contribution is -2.31. The van der Waals surface area contributed by atoms with Crippen LogP contribution < -0.4 is 15.8 Å². The Balaban J connectivity index is 2.07. The predicted molar refractivity (Wildman–Crippen MR) is 72.8 cm³/mol. The Morgan fingerprint density at radius 3 is 2.79 bits per heavy atom. The molecule has 2 aromatic rings. The molecule has 0 aliphatic heterocycles. The van der Waals surface area contributed by atoms with Crippen molar-refractivity contribution in [2.24, 2.45) is 10.7 Å². The van der Waals surface area contributed by atoms with Crippen LogP contribution in [0.3, 0.4) is 0 Å². The summed E-state index contributed by atoms with van der Waals surface area (Å²) in [5, 5.41) is 9.90. The molecule has 0 aliphatic rings. The van der Waals surface area contributed by atoms with Crippen LogP contribution in [-0.4, -0.2) is 35.3 Å². The minimum Gasteiger partial charge on any atom is -0.497 e. The highest BCUT2D eigenvalue weighted by molar-refractivity contribution is 5.77. The van der Waals surface area contributed by atoms with Gasteiger partial charge in [0.25, 0.3) is 0 Å². The molecule has 4 N–H and O–H groups in total. The highest BCUT2D eigenvalue weighted by Gasteiger charge is 2.06. The van der Waals surface area contributed by atoms with Crippen molar-refractivity contribution < 1.29 is 4.74 Å². The summed E-state index contributed by atoms with van der Waals surface area (Å²) >= 11 is 0. The van der Waals surface area contributed by atoms with Crippen LogP contribution in [0.2, 0.25) is 0 Å². The quantitative estimate of drug-likeness (QED) is 0.549. The Hall–Kier alpha value is -2.57. The van der Waals surface area contributed by atoms with Crippen LogP contribution in [0, 0.1) is 0 Å². The molecule has 0 unspecified atom stereocenters. The Morgan fingerprint density at radius 2 is 2.16 bits per heavy atom. The molecule has 0 fully saturated rings. The number of aromatic nitrogens is 3. The van der Waals surface area contributed by atoms with Crippen molar-refractivity contribution in [3.05, 3.63) is 30.1 Å². The topological polar surface area (TPSA) is 101 Å². The fourth-order valence-electron chi connectivity index (χ4n) is 1.50. The first-order chi connectivity index (χ1) is 9.22. The minimum absolute atomic E-state index is 0.363. The Labute approximate surface area is 110 Å². The van der Waals surface area contributed by atoms with Crippen molar-refractivity contribution in [1.82, 2.24) is 20.5 Å². The van der Waals surface area contributed by atoms with E-state index in [9.17, 15) is 0 Å². The first-order valence-electron chi connectivity index (χ1n) is 5.74. The molecular weight excluding hydrogens is 244 g/mol. The summed E-state index contributed by atoms with van der Waals surface area (Å²) in [5.74, 6) is 2.49. The molecule has 0 amide bonds. The van der Waals surface area contributed by atoms with Crippen molar-refractivity contribution in [1.29, 1.82) is 0 Å². The van der Waals surface area contributed by atoms with Gasteiger partial charge in [0.2, 0.25) is 0 Å². The first-order valence-corrected chi connectivity index (χ1v) is 5.74. The molecule has 0 bridgehead atoms. The number of hydrogen-bond acceptors (Lipinski definition) is 4. The number of nitrogens with two attached hydrogens (primary N) is 1. The Kier molecular flexibility index (Phi) is 3.97. The number of nitrogens with one attached hydrogen (secondary N) is 2. The number of hydrogen-bond donors (Lipinski definition) is 3. The van der Waals surface area contributed by atoms with Gasteiger partial charge in [-0.15, -0.1) is 0 Å². The van der Waals surface area contributed by atoms with Gasteiger partial charge in [0.05, 0.1) is 13.7 Å². The summed E-state index contributed by atoms with van der Waals surface area (Å²) in [4.78, 5) is 8.16. The van der Waals surface area contributed by atoms with Gasteiger partial charge in [-0.1, -0.05) is 0 Å². The van der Waals surface area contributed by atoms with E-state index >= 15 is 0 Å². The summed E-state index contributed by atoms with van der Waals surface area (Å²) < 4.78 is 5.10. The van der Waals surface area contributed by atoms with Crippen LogP contribution >= 0.6 is 0 Å². The second-order valence-electron chi connectivity index (χ2n) is 3.80. The molecule has 1 aromatic carbocycles. The number of ether oxygens (including phenoxy) is 1. The second kappa shape index (κ2) is 5.85. The molecular formula is C12H16N6O. The zero-order valence-electron chi connectivity index (χ0n) is 10.8. The maximum absolute atomic E-state index is 5.53. The van der Waals surface area contributed by atoms with E-state index in [1.54, 1.807) is 14.2 Å². The summed E-state index contributed by atoms with van der Waals surface area (Å²) in [5.41, 5.74) is 6.45. The van der Waals surface area contributed by atoms with E-state index in [1.165, 1.54) is 0 Å². The largest absolute Gasteiger partial charge is 0.497 e. The van der Waals surface area contributed by atoms with Gasteiger partial charge >= 0.3 is 0 Å². The van der Waals surface area contributed by atoms with Gasteiger partial charge in [-0.2, -0.15) is 5.10 Å². The third kappa shape index (κ3) is 3.21. The zero-order chi connectivity index (χ0) is 13.7. The highest BCUT2D eigenvalue weighted by atomic mass is 16.5. The van der Waals surface area contributed by atoms with Crippen molar-refractivity contribution in [3.8, 4) is 17.1 Å². The number of aromatic amines is 1. The molecule has 0 spiro atoms. The zero-order valence-corrected chi connectivity index (χ0v) is 10.8. The number of nitrogens with zero attached hydrogens (tertiary/aromatic N) is 3. The molecule has 7 nitrogen and oxygen atoms in total. The standard InChI is InChI=1S/C12H16N6O/c1-14-12(13)15-7-10-16-11(18-17-10)8-3-5-9(19-2)6-4-8/h3-6H,7H2,1-2H3,(H3,13,14,15)(H,16,17,18). The van der Waals surface area contributed by atoms with E-state index < -0.39 is 0 Å². The van der Waals surface area contributed by atoms with Crippen LogP contribution in [0.15, 0.2) is 29.3 Å². The number of aliphatic imine (C=N–C) groups is 1. The fraction of sp³-hybridized carbons (Fsp3) is 0.250. The number of methoxy groups -OCH3 is 1. The van der Waals surface area contributed by atoms with Crippen molar-refractivity contribution in [3.63, 3.8) is 0 Å². The number of guanidine groups is 1. The SMILES string of the molecule is CN=C(N)NCc1nc(-c2ccc(OC)cc2)n[nH]1. The molecule has 2 rings (SSSR count). The average Bonchev–Trinajstić information content (AvgIpc) is 2.93. The monoisotopic (exact) mass is 260 g/mol. The van der Waals surface area contributed by atoms with Gasteiger partial charge in [0, 0.05) is 12.6 Å². The molecule has 100 valence electrons. The molecule has 7 heteroatoms. The van der Waals surface area contributed by atoms with Gasteiger partial charge in [0.1, 0.15) is 11.6 Å².